The minimum atomic E-state index is -3.79. The van der Waals surface area contributed by atoms with Crippen LogP contribution in [0.25, 0.3) is 11.3 Å². The molecule has 2 atom stereocenters. The van der Waals surface area contributed by atoms with Crippen molar-refractivity contribution in [2.24, 2.45) is 0 Å². The molecule has 0 fully saturated rings. The number of hydrogen-bond donors (Lipinski definition) is 2. The zero-order valence-electron chi connectivity index (χ0n) is 14.2. The molecule has 26 heavy (non-hydrogen) atoms. The monoisotopic (exact) mass is 372 g/mol. The lowest BCUT2D eigenvalue weighted by molar-refractivity contribution is 0.158. The van der Waals surface area contributed by atoms with Gasteiger partial charge in [-0.25, -0.2) is 13.1 Å². The van der Waals surface area contributed by atoms with Gasteiger partial charge in [0.05, 0.1) is 17.2 Å². The van der Waals surface area contributed by atoms with Crippen molar-refractivity contribution < 1.29 is 18.0 Å². The maximum absolute atomic E-state index is 12.8. The molecule has 0 bridgehead atoms. The molecule has 0 aliphatic rings. The van der Waals surface area contributed by atoms with Gasteiger partial charge in [0.15, 0.2) is 5.76 Å². The van der Waals surface area contributed by atoms with Crippen LogP contribution in [0, 0.1) is 0 Å². The molecule has 0 unspecified atom stereocenters. The van der Waals surface area contributed by atoms with E-state index in [1.54, 1.807) is 31.2 Å². The molecule has 1 aromatic heterocycles. The molecule has 6 nitrogen and oxygen atoms in total. The van der Waals surface area contributed by atoms with Crippen molar-refractivity contribution in [2.45, 2.75) is 30.4 Å². The minimum Gasteiger partial charge on any atom is -0.388 e. The van der Waals surface area contributed by atoms with Gasteiger partial charge in [0, 0.05) is 17.7 Å². The summed E-state index contributed by atoms with van der Waals surface area (Å²) in [7, 11) is -3.79. The first kappa shape index (κ1) is 18.3. The molecule has 0 saturated heterocycles. The second-order valence-electron chi connectivity index (χ2n) is 6.06. The van der Waals surface area contributed by atoms with Gasteiger partial charge in [-0.05, 0) is 31.0 Å². The fraction of sp³-hybridized carbons (Fsp3) is 0.211. The highest BCUT2D eigenvalue weighted by Gasteiger charge is 2.24. The van der Waals surface area contributed by atoms with Crippen molar-refractivity contribution in [1.29, 1.82) is 0 Å². The quantitative estimate of drug-likeness (QED) is 0.665. The van der Waals surface area contributed by atoms with Crippen molar-refractivity contribution in [3.63, 3.8) is 0 Å². The molecular weight excluding hydrogens is 352 g/mol. The lowest BCUT2D eigenvalue weighted by Gasteiger charge is -2.19. The third-order valence-corrected chi connectivity index (χ3v) is 5.65. The second-order valence-corrected chi connectivity index (χ2v) is 7.74. The van der Waals surface area contributed by atoms with Crippen LogP contribution in [0.4, 0.5) is 0 Å². The number of hydrogen-bond acceptors (Lipinski definition) is 5. The van der Waals surface area contributed by atoms with Crippen LogP contribution >= 0.6 is 0 Å². The van der Waals surface area contributed by atoms with E-state index in [0.29, 0.717) is 11.3 Å². The molecule has 3 aromatic rings. The van der Waals surface area contributed by atoms with Crippen molar-refractivity contribution in [1.82, 2.24) is 9.88 Å². The lowest BCUT2D eigenvalue weighted by atomic mass is 10.0. The van der Waals surface area contributed by atoms with Gasteiger partial charge in [0.1, 0.15) is 0 Å². The number of aliphatic hydroxyl groups excluding tert-OH is 1. The maximum atomic E-state index is 12.8. The number of aromatic nitrogens is 1. The first-order valence-corrected chi connectivity index (χ1v) is 9.71. The Balaban J connectivity index is 1.77. The molecule has 0 aliphatic carbocycles. The summed E-state index contributed by atoms with van der Waals surface area (Å²) in [5.41, 5.74) is 1.19. The molecule has 2 aromatic carbocycles. The number of nitrogens with zero attached hydrogens (tertiary/aromatic N) is 1. The Kier molecular flexibility index (Phi) is 5.51. The predicted octanol–water partition coefficient (Wildman–Crippen LogP) is 3.13. The van der Waals surface area contributed by atoms with E-state index < -0.39 is 22.2 Å². The van der Waals surface area contributed by atoms with Crippen molar-refractivity contribution in [2.75, 3.05) is 0 Å². The zero-order chi connectivity index (χ0) is 18.6. The smallest absolute Gasteiger partial charge is 0.241 e. The number of benzene rings is 2. The molecule has 0 amide bonds. The van der Waals surface area contributed by atoms with Gasteiger partial charge < -0.3 is 9.63 Å². The van der Waals surface area contributed by atoms with Gasteiger partial charge in [-0.15, -0.1) is 0 Å². The Hall–Kier alpha value is -2.48. The summed E-state index contributed by atoms with van der Waals surface area (Å²) in [6, 6.07) is 16.9. The molecule has 136 valence electrons. The lowest BCUT2D eigenvalue weighted by Crippen LogP contribution is -2.34. The van der Waals surface area contributed by atoms with Gasteiger partial charge in [-0.3, -0.25) is 0 Å². The highest BCUT2D eigenvalue weighted by molar-refractivity contribution is 7.89. The van der Waals surface area contributed by atoms with Gasteiger partial charge in [-0.1, -0.05) is 47.6 Å². The fourth-order valence-electron chi connectivity index (χ4n) is 2.78. The van der Waals surface area contributed by atoms with Crippen LogP contribution in [0.3, 0.4) is 0 Å². The molecule has 0 saturated carbocycles. The first-order valence-electron chi connectivity index (χ1n) is 8.23. The van der Waals surface area contributed by atoms with Gasteiger partial charge >= 0.3 is 0 Å². The topological polar surface area (TPSA) is 92.4 Å². The number of rotatable bonds is 7. The van der Waals surface area contributed by atoms with E-state index in [4.69, 9.17) is 4.52 Å². The Labute approximate surface area is 152 Å². The third-order valence-electron chi connectivity index (χ3n) is 4.00. The SMILES string of the molecule is C[C@@H](C[C@H](O)c1ccccc1)NS(=O)(=O)c1ccccc1-c1ccno1. The Morgan fingerprint density at radius 1 is 1.08 bits per heavy atom. The largest absolute Gasteiger partial charge is 0.388 e. The molecule has 0 aliphatic heterocycles. The fourth-order valence-corrected chi connectivity index (χ4v) is 4.25. The molecule has 2 N–H and O–H groups in total. The Bertz CT molecular complexity index is 941. The molecule has 7 heteroatoms. The van der Waals surface area contributed by atoms with E-state index in [9.17, 15) is 13.5 Å². The summed E-state index contributed by atoms with van der Waals surface area (Å²) in [6.45, 7) is 1.72. The maximum Gasteiger partial charge on any atom is 0.241 e. The number of sulfonamides is 1. The summed E-state index contributed by atoms with van der Waals surface area (Å²) in [5, 5.41) is 13.9. The van der Waals surface area contributed by atoms with Crippen LogP contribution in [-0.2, 0) is 10.0 Å². The van der Waals surface area contributed by atoms with Crippen LogP contribution in [0.15, 0.2) is 76.3 Å². The Morgan fingerprint density at radius 2 is 1.77 bits per heavy atom. The van der Waals surface area contributed by atoms with E-state index >= 15 is 0 Å². The third kappa shape index (κ3) is 4.19. The molecule has 3 rings (SSSR count). The zero-order valence-corrected chi connectivity index (χ0v) is 15.1. The van der Waals surface area contributed by atoms with Crippen molar-refractivity contribution in [3.05, 3.63) is 72.4 Å². The first-order chi connectivity index (χ1) is 12.5. The van der Waals surface area contributed by atoms with E-state index in [1.165, 1.54) is 12.3 Å². The highest BCUT2D eigenvalue weighted by atomic mass is 32.2. The van der Waals surface area contributed by atoms with E-state index in [-0.39, 0.29) is 11.3 Å². The molecule has 0 radical (unpaired) electrons. The number of nitrogens with one attached hydrogen (secondary N) is 1. The normalized spacial score (nSPS) is 14.1. The highest BCUT2D eigenvalue weighted by Crippen LogP contribution is 2.27. The average Bonchev–Trinajstić information content (AvgIpc) is 3.16. The Morgan fingerprint density at radius 3 is 2.46 bits per heavy atom. The van der Waals surface area contributed by atoms with E-state index in [0.717, 1.165) is 5.56 Å². The minimum absolute atomic E-state index is 0.109. The summed E-state index contributed by atoms with van der Waals surface area (Å²) in [6.07, 6.45) is 0.969. The van der Waals surface area contributed by atoms with E-state index in [1.807, 2.05) is 30.3 Å². The predicted molar refractivity (Wildman–Crippen MR) is 97.7 cm³/mol. The summed E-state index contributed by atoms with van der Waals surface area (Å²) < 4.78 is 33.4. The van der Waals surface area contributed by atoms with Crippen LogP contribution in [0.5, 0.6) is 0 Å². The molecular formula is C19H20N2O4S. The summed E-state index contributed by atoms with van der Waals surface area (Å²) in [4.78, 5) is 0.109. The van der Waals surface area contributed by atoms with Crippen molar-refractivity contribution >= 4 is 10.0 Å². The standard InChI is InChI=1S/C19H20N2O4S/c1-14(13-17(22)15-7-3-2-4-8-15)21-26(23,24)19-10-6-5-9-16(19)18-11-12-20-25-18/h2-12,14,17,21-22H,13H2,1H3/t14-,17-/m0/s1. The summed E-state index contributed by atoms with van der Waals surface area (Å²) >= 11 is 0. The van der Waals surface area contributed by atoms with E-state index in [2.05, 4.69) is 9.88 Å². The van der Waals surface area contributed by atoms with Crippen LogP contribution in [0.2, 0.25) is 0 Å². The van der Waals surface area contributed by atoms with Gasteiger partial charge in [0.25, 0.3) is 0 Å². The van der Waals surface area contributed by atoms with Gasteiger partial charge in [-0.2, -0.15) is 0 Å². The molecule has 0 spiro atoms. The van der Waals surface area contributed by atoms with Crippen LogP contribution < -0.4 is 4.72 Å². The van der Waals surface area contributed by atoms with Crippen molar-refractivity contribution in [3.8, 4) is 11.3 Å². The average molecular weight is 372 g/mol. The summed E-state index contributed by atoms with van der Waals surface area (Å²) in [5.74, 6) is 0.378. The van der Waals surface area contributed by atoms with Crippen LogP contribution in [0.1, 0.15) is 25.0 Å². The second kappa shape index (κ2) is 7.82. The number of aliphatic hydroxyl groups is 1. The van der Waals surface area contributed by atoms with Crippen LogP contribution in [-0.4, -0.2) is 24.7 Å². The van der Waals surface area contributed by atoms with Gasteiger partial charge in [0.2, 0.25) is 10.0 Å². The molecule has 1 heterocycles.